The Morgan fingerprint density at radius 1 is 1.14 bits per heavy atom. The van der Waals surface area contributed by atoms with E-state index < -0.39 is 6.36 Å². The molecule has 2 rings (SSSR count). The topological polar surface area (TPSA) is 30.5 Å². The van der Waals surface area contributed by atoms with Gasteiger partial charge in [0.25, 0.3) is 0 Å². The molecule has 3 nitrogen and oxygen atoms in total. The lowest BCUT2D eigenvalue weighted by Crippen LogP contribution is -2.45. The zero-order valence-corrected chi connectivity index (χ0v) is 12.0. The van der Waals surface area contributed by atoms with E-state index in [-0.39, 0.29) is 11.4 Å². The van der Waals surface area contributed by atoms with Crippen LogP contribution < -0.4 is 14.8 Å². The summed E-state index contributed by atoms with van der Waals surface area (Å²) in [5.41, 5.74) is -0.172. The van der Waals surface area contributed by atoms with Crippen LogP contribution >= 0.6 is 0 Å². The summed E-state index contributed by atoms with van der Waals surface area (Å²) in [5, 5.41) is 3.27. The Morgan fingerprint density at radius 2 is 1.76 bits per heavy atom. The third kappa shape index (κ3) is 4.81. The van der Waals surface area contributed by atoms with E-state index in [1.807, 2.05) is 6.92 Å². The molecular formula is C15H20F3NO2. The number of alkyl halides is 3. The molecule has 0 heterocycles. The number of nitrogens with one attached hydrogen (secondary N) is 1. The Kier molecular flexibility index (Phi) is 4.98. The number of hydrogen-bond acceptors (Lipinski definition) is 3. The number of benzene rings is 1. The molecule has 0 bridgehead atoms. The second kappa shape index (κ2) is 6.56. The highest BCUT2D eigenvalue weighted by Gasteiger charge is 2.38. The Balaban J connectivity index is 1.92. The molecule has 6 heteroatoms. The molecule has 21 heavy (non-hydrogen) atoms. The standard InChI is InChI=1S/C15H20F3NO2/c1-2-19-11-10-14(8-3-9-14)20-12-4-6-13(7-5-12)21-15(16,17)18/h4-7,19H,2-3,8-11H2,1H3. The van der Waals surface area contributed by atoms with Gasteiger partial charge >= 0.3 is 6.36 Å². The van der Waals surface area contributed by atoms with Gasteiger partial charge in [0.1, 0.15) is 17.1 Å². The molecule has 1 aromatic rings. The smallest absolute Gasteiger partial charge is 0.487 e. The van der Waals surface area contributed by atoms with Crippen molar-refractivity contribution in [2.24, 2.45) is 0 Å². The predicted octanol–water partition coefficient (Wildman–Crippen LogP) is 3.89. The molecule has 0 atom stereocenters. The summed E-state index contributed by atoms with van der Waals surface area (Å²) in [6.45, 7) is 3.85. The van der Waals surface area contributed by atoms with Gasteiger partial charge in [0.2, 0.25) is 0 Å². The van der Waals surface area contributed by atoms with Crippen molar-refractivity contribution in [2.75, 3.05) is 13.1 Å². The maximum absolute atomic E-state index is 12.1. The van der Waals surface area contributed by atoms with E-state index in [4.69, 9.17) is 4.74 Å². The van der Waals surface area contributed by atoms with E-state index in [9.17, 15) is 13.2 Å². The summed E-state index contributed by atoms with van der Waals surface area (Å²) < 4.78 is 46.1. The minimum atomic E-state index is -4.66. The van der Waals surface area contributed by atoms with E-state index >= 15 is 0 Å². The number of ether oxygens (including phenoxy) is 2. The van der Waals surface area contributed by atoms with Gasteiger partial charge in [-0.25, -0.2) is 0 Å². The Hall–Kier alpha value is -1.43. The van der Waals surface area contributed by atoms with E-state index in [1.54, 1.807) is 0 Å². The van der Waals surface area contributed by atoms with Crippen molar-refractivity contribution in [1.29, 1.82) is 0 Å². The van der Waals surface area contributed by atoms with Gasteiger partial charge < -0.3 is 14.8 Å². The molecule has 0 saturated heterocycles. The molecule has 1 N–H and O–H groups in total. The highest BCUT2D eigenvalue weighted by molar-refractivity contribution is 5.32. The summed E-state index contributed by atoms with van der Waals surface area (Å²) in [4.78, 5) is 0. The van der Waals surface area contributed by atoms with Crippen LogP contribution in [0.2, 0.25) is 0 Å². The van der Waals surface area contributed by atoms with Gasteiger partial charge in [-0.2, -0.15) is 0 Å². The summed E-state index contributed by atoms with van der Waals surface area (Å²) in [6.07, 6.45) is -0.662. The third-order valence-electron chi connectivity index (χ3n) is 3.66. The molecule has 1 saturated carbocycles. The second-order valence-electron chi connectivity index (χ2n) is 5.26. The SMILES string of the molecule is CCNCCC1(Oc2ccc(OC(F)(F)F)cc2)CCC1. The molecule has 0 unspecified atom stereocenters. The van der Waals surface area contributed by atoms with Gasteiger partial charge in [0, 0.05) is 0 Å². The molecule has 0 aromatic heterocycles. The first kappa shape index (κ1) is 15.9. The minimum Gasteiger partial charge on any atom is -0.487 e. The van der Waals surface area contributed by atoms with E-state index in [2.05, 4.69) is 10.1 Å². The van der Waals surface area contributed by atoms with Crippen LogP contribution in [0, 0.1) is 0 Å². The van der Waals surface area contributed by atoms with Gasteiger partial charge in [-0.05, 0) is 63.0 Å². The Labute approximate surface area is 122 Å². The van der Waals surface area contributed by atoms with Gasteiger partial charge in [0.05, 0.1) is 0 Å². The number of hydrogen-bond donors (Lipinski definition) is 1. The molecule has 0 amide bonds. The number of rotatable bonds is 7. The molecule has 1 aliphatic carbocycles. The van der Waals surface area contributed by atoms with Crippen molar-refractivity contribution in [3.63, 3.8) is 0 Å². The first-order chi connectivity index (χ1) is 9.92. The van der Waals surface area contributed by atoms with Gasteiger partial charge in [-0.3, -0.25) is 0 Å². The van der Waals surface area contributed by atoms with Gasteiger partial charge in [-0.15, -0.1) is 13.2 Å². The monoisotopic (exact) mass is 303 g/mol. The fourth-order valence-electron chi connectivity index (χ4n) is 2.43. The Bertz CT molecular complexity index is 441. The van der Waals surface area contributed by atoms with Crippen molar-refractivity contribution in [2.45, 2.75) is 44.6 Å². The van der Waals surface area contributed by atoms with Gasteiger partial charge in [0.15, 0.2) is 0 Å². The van der Waals surface area contributed by atoms with Crippen molar-refractivity contribution >= 4 is 0 Å². The zero-order valence-electron chi connectivity index (χ0n) is 12.0. The minimum absolute atomic E-state index is 0.172. The summed E-state index contributed by atoms with van der Waals surface area (Å²) in [6, 6.07) is 5.60. The van der Waals surface area contributed by atoms with Crippen LogP contribution in [0.5, 0.6) is 11.5 Å². The Morgan fingerprint density at radius 3 is 2.24 bits per heavy atom. The lowest BCUT2D eigenvalue weighted by atomic mass is 9.77. The van der Waals surface area contributed by atoms with Crippen LogP contribution in [0.25, 0.3) is 0 Å². The predicted molar refractivity (Wildman–Crippen MR) is 73.5 cm³/mol. The highest BCUT2D eigenvalue weighted by atomic mass is 19.4. The van der Waals surface area contributed by atoms with E-state index in [0.717, 1.165) is 38.8 Å². The summed E-state index contributed by atoms with van der Waals surface area (Å²) in [7, 11) is 0. The number of halogens is 3. The molecule has 1 fully saturated rings. The van der Waals surface area contributed by atoms with Gasteiger partial charge in [-0.1, -0.05) is 6.92 Å². The van der Waals surface area contributed by atoms with E-state index in [0.29, 0.717) is 5.75 Å². The van der Waals surface area contributed by atoms with Crippen molar-refractivity contribution in [1.82, 2.24) is 5.32 Å². The maximum Gasteiger partial charge on any atom is 0.573 e. The molecule has 0 radical (unpaired) electrons. The first-order valence-corrected chi connectivity index (χ1v) is 7.18. The van der Waals surface area contributed by atoms with Crippen LogP contribution in [0.3, 0.4) is 0 Å². The third-order valence-corrected chi connectivity index (χ3v) is 3.66. The average Bonchev–Trinajstić information content (AvgIpc) is 2.36. The van der Waals surface area contributed by atoms with Crippen LogP contribution in [-0.4, -0.2) is 25.1 Å². The van der Waals surface area contributed by atoms with Crippen molar-refractivity contribution in [3.05, 3.63) is 24.3 Å². The van der Waals surface area contributed by atoms with E-state index in [1.165, 1.54) is 24.3 Å². The lowest BCUT2D eigenvalue weighted by Gasteiger charge is -2.42. The molecular weight excluding hydrogens is 283 g/mol. The normalized spacial score (nSPS) is 17.1. The fraction of sp³-hybridized carbons (Fsp3) is 0.600. The lowest BCUT2D eigenvalue weighted by molar-refractivity contribution is -0.274. The maximum atomic E-state index is 12.1. The van der Waals surface area contributed by atoms with Crippen LogP contribution in [0.15, 0.2) is 24.3 Å². The van der Waals surface area contributed by atoms with Crippen molar-refractivity contribution < 1.29 is 22.6 Å². The molecule has 0 aliphatic heterocycles. The molecule has 118 valence electrons. The quantitative estimate of drug-likeness (QED) is 0.775. The van der Waals surface area contributed by atoms with Crippen LogP contribution in [0.1, 0.15) is 32.6 Å². The second-order valence-corrected chi connectivity index (χ2v) is 5.26. The van der Waals surface area contributed by atoms with Crippen LogP contribution in [0.4, 0.5) is 13.2 Å². The molecule has 1 aliphatic rings. The summed E-state index contributed by atoms with van der Waals surface area (Å²) >= 11 is 0. The van der Waals surface area contributed by atoms with Crippen molar-refractivity contribution in [3.8, 4) is 11.5 Å². The summed E-state index contributed by atoms with van der Waals surface area (Å²) in [5.74, 6) is 0.353. The average molecular weight is 303 g/mol. The first-order valence-electron chi connectivity index (χ1n) is 7.18. The zero-order chi connectivity index (χ0) is 15.3. The van der Waals surface area contributed by atoms with Crippen LogP contribution in [-0.2, 0) is 0 Å². The largest absolute Gasteiger partial charge is 0.573 e. The highest BCUT2D eigenvalue weighted by Crippen LogP contribution is 2.39. The molecule has 0 spiro atoms. The fourth-order valence-corrected chi connectivity index (χ4v) is 2.43. The molecule has 1 aromatic carbocycles.